The molecular weight excluding hydrogens is 647 g/mol. The number of nitrogens with two attached hydrogens (primary N) is 4. The van der Waals surface area contributed by atoms with Crippen LogP contribution in [0.1, 0.15) is 24.0 Å². The molecule has 15 nitrogen and oxygen atoms in total. The molecule has 4 rings (SSSR count). The van der Waals surface area contributed by atoms with Gasteiger partial charge in [0.05, 0.1) is 12.6 Å². The number of primary amides is 1. The van der Waals surface area contributed by atoms with E-state index < -0.39 is 66.1 Å². The van der Waals surface area contributed by atoms with Crippen molar-refractivity contribution in [3.63, 3.8) is 0 Å². The quantitative estimate of drug-likeness (QED) is 0.0416. The van der Waals surface area contributed by atoms with E-state index in [1.54, 1.807) is 6.08 Å². The standard InChI is InChI=1S/C34H43FN10O5/c1-44-19-21(23-6-2-3-8-27(23)44)17-26(30(37)47)42-29(46)18-41-31(48)25(7-4-14-40-34(38)39)43-32(49)28-9-5-15-45(28)33(50)24(36)16-20-10-12-22(35)13-11-20/h2-3,5-6,8-13,19,24-26,28H,4,7,14-18,36H2,1H3,(H2,37,47)(H,41,48)(H,42,46)(H,43,49)(H4,38,39,40)/t24-,25-,26-,28-/m0/s1. The molecule has 3 aromatic rings. The number of aliphatic imine (C=N–C) groups is 1. The van der Waals surface area contributed by atoms with E-state index in [1.807, 2.05) is 42.1 Å². The van der Waals surface area contributed by atoms with Crippen LogP contribution < -0.4 is 38.9 Å². The first kappa shape index (κ1) is 37.1. The number of guanidine groups is 1. The van der Waals surface area contributed by atoms with Gasteiger partial charge in [-0.1, -0.05) is 42.5 Å². The third-order valence-corrected chi connectivity index (χ3v) is 8.28. The Kier molecular flexibility index (Phi) is 12.6. The molecule has 11 N–H and O–H groups in total. The molecule has 0 unspecified atom stereocenters. The first-order valence-electron chi connectivity index (χ1n) is 16.1. The van der Waals surface area contributed by atoms with Gasteiger partial charge >= 0.3 is 0 Å². The minimum Gasteiger partial charge on any atom is -0.370 e. The first-order chi connectivity index (χ1) is 23.8. The number of nitrogens with one attached hydrogen (secondary N) is 3. The van der Waals surface area contributed by atoms with E-state index in [1.165, 1.54) is 35.2 Å². The highest BCUT2D eigenvalue weighted by Gasteiger charge is 2.35. The lowest BCUT2D eigenvalue weighted by Gasteiger charge is -2.28. The lowest BCUT2D eigenvalue weighted by Crippen LogP contribution is -2.56. The summed E-state index contributed by atoms with van der Waals surface area (Å²) >= 11 is 0. The van der Waals surface area contributed by atoms with Gasteiger partial charge in [-0.2, -0.15) is 0 Å². The van der Waals surface area contributed by atoms with Gasteiger partial charge in [0.2, 0.25) is 29.5 Å². The van der Waals surface area contributed by atoms with Gasteiger partial charge in [0.1, 0.15) is 23.9 Å². The third kappa shape index (κ3) is 9.88. The minimum atomic E-state index is -1.13. The van der Waals surface area contributed by atoms with Crippen molar-refractivity contribution in [2.45, 2.75) is 49.9 Å². The Hall–Kier alpha value is -5.77. The maximum absolute atomic E-state index is 13.4. The van der Waals surface area contributed by atoms with Crippen molar-refractivity contribution in [3.8, 4) is 0 Å². The van der Waals surface area contributed by atoms with Crippen molar-refractivity contribution in [2.75, 3.05) is 19.6 Å². The molecule has 0 aliphatic carbocycles. The maximum Gasteiger partial charge on any atom is 0.247 e. The number of aryl methyl sites for hydroxylation is 1. The Morgan fingerprint density at radius 1 is 0.980 bits per heavy atom. The minimum absolute atomic E-state index is 0.0927. The molecule has 0 spiro atoms. The van der Waals surface area contributed by atoms with Crippen molar-refractivity contribution >= 4 is 46.4 Å². The van der Waals surface area contributed by atoms with Crippen molar-refractivity contribution in [3.05, 3.63) is 83.8 Å². The van der Waals surface area contributed by atoms with Crippen molar-refractivity contribution in [1.82, 2.24) is 25.4 Å². The number of carbonyl (C=O) groups is 5. The molecule has 1 aromatic heterocycles. The van der Waals surface area contributed by atoms with Crippen molar-refractivity contribution < 1.29 is 28.4 Å². The van der Waals surface area contributed by atoms with Gasteiger partial charge in [-0.05, 0) is 48.6 Å². The van der Waals surface area contributed by atoms with E-state index in [0.29, 0.717) is 12.0 Å². The molecule has 16 heteroatoms. The van der Waals surface area contributed by atoms with E-state index in [9.17, 15) is 28.4 Å². The number of para-hydroxylation sites is 1. The van der Waals surface area contributed by atoms with Gasteiger partial charge < -0.3 is 48.4 Å². The number of hydrogen-bond donors (Lipinski definition) is 7. The van der Waals surface area contributed by atoms with Crippen molar-refractivity contribution in [1.29, 1.82) is 0 Å². The summed E-state index contributed by atoms with van der Waals surface area (Å²) < 4.78 is 15.2. The third-order valence-electron chi connectivity index (χ3n) is 8.28. The zero-order valence-electron chi connectivity index (χ0n) is 27.7. The molecule has 2 heterocycles. The summed E-state index contributed by atoms with van der Waals surface area (Å²) in [4.78, 5) is 70.3. The fraction of sp³-hybridized carbons (Fsp3) is 0.353. The fourth-order valence-corrected chi connectivity index (χ4v) is 5.75. The topological polar surface area (TPSA) is 246 Å². The van der Waals surface area contributed by atoms with E-state index in [2.05, 4.69) is 20.9 Å². The summed E-state index contributed by atoms with van der Waals surface area (Å²) in [5.74, 6) is -3.80. The van der Waals surface area contributed by atoms with E-state index in [-0.39, 0.29) is 38.3 Å². The lowest BCUT2D eigenvalue weighted by atomic mass is 10.0. The number of nitrogens with zero attached hydrogens (tertiary/aromatic N) is 3. The van der Waals surface area contributed by atoms with Gasteiger partial charge in [0.15, 0.2) is 5.96 Å². The number of rotatable bonds is 16. The average molecular weight is 691 g/mol. The van der Waals surface area contributed by atoms with Crippen molar-refractivity contribution in [2.24, 2.45) is 35.0 Å². The van der Waals surface area contributed by atoms with Gasteiger partial charge in [0, 0.05) is 43.7 Å². The van der Waals surface area contributed by atoms with Gasteiger partial charge in [-0.15, -0.1) is 0 Å². The summed E-state index contributed by atoms with van der Waals surface area (Å²) in [6.45, 7) is -0.219. The number of fused-ring (bicyclic) bond motifs is 1. The fourth-order valence-electron chi connectivity index (χ4n) is 5.75. The molecule has 0 saturated heterocycles. The first-order valence-corrected chi connectivity index (χ1v) is 16.1. The summed E-state index contributed by atoms with van der Waals surface area (Å²) in [5, 5.41) is 8.66. The van der Waals surface area contributed by atoms with Crippen LogP contribution >= 0.6 is 0 Å². The molecule has 0 radical (unpaired) electrons. The Labute approximate surface area is 288 Å². The molecular formula is C34H43FN10O5. The largest absolute Gasteiger partial charge is 0.370 e. The molecule has 0 fully saturated rings. The normalized spacial score (nSPS) is 15.6. The molecule has 266 valence electrons. The van der Waals surface area contributed by atoms with Crippen LogP contribution in [0.4, 0.5) is 4.39 Å². The smallest absolute Gasteiger partial charge is 0.247 e. The average Bonchev–Trinajstić information content (AvgIpc) is 3.70. The number of carbonyl (C=O) groups excluding carboxylic acids is 5. The van der Waals surface area contributed by atoms with Crippen LogP contribution in [0.3, 0.4) is 0 Å². The zero-order chi connectivity index (χ0) is 36.4. The van der Waals surface area contributed by atoms with Crippen LogP contribution in [0.15, 0.2) is 71.9 Å². The lowest BCUT2D eigenvalue weighted by molar-refractivity contribution is -0.139. The monoisotopic (exact) mass is 690 g/mol. The van der Waals surface area contributed by atoms with Crippen LogP contribution in [0.5, 0.6) is 0 Å². The van der Waals surface area contributed by atoms with E-state index >= 15 is 0 Å². The summed E-state index contributed by atoms with van der Waals surface area (Å²) in [6, 6.07) is 8.96. The number of aromatic nitrogens is 1. The number of halogens is 1. The summed E-state index contributed by atoms with van der Waals surface area (Å²) in [5.41, 5.74) is 25.0. The van der Waals surface area contributed by atoms with Gasteiger partial charge in [-0.3, -0.25) is 29.0 Å². The second kappa shape index (κ2) is 17.1. The highest BCUT2D eigenvalue weighted by atomic mass is 19.1. The zero-order valence-corrected chi connectivity index (χ0v) is 27.7. The number of amides is 5. The second-order valence-electron chi connectivity index (χ2n) is 12.0. The second-order valence-corrected chi connectivity index (χ2v) is 12.0. The van der Waals surface area contributed by atoms with Crippen LogP contribution in [0.25, 0.3) is 10.9 Å². The van der Waals surface area contributed by atoms with Crippen LogP contribution in [0, 0.1) is 5.82 Å². The van der Waals surface area contributed by atoms with E-state index in [0.717, 1.165) is 16.5 Å². The summed E-state index contributed by atoms with van der Waals surface area (Å²) in [7, 11) is 1.87. The molecule has 4 atom stereocenters. The Balaban J connectivity index is 1.37. The Morgan fingerprint density at radius 2 is 1.70 bits per heavy atom. The Morgan fingerprint density at radius 3 is 2.40 bits per heavy atom. The highest BCUT2D eigenvalue weighted by molar-refractivity contribution is 5.96. The summed E-state index contributed by atoms with van der Waals surface area (Å²) in [6.07, 6.45) is 5.67. The molecule has 0 bridgehead atoms. The predicted molar refractivity (Wildman–Crippen MR) is 185 cm³/mol. The number of benzene rings is 2. The molecule has 5 amide bonds. The highest BCUT2D eigenvalue weighted by Crippen LogP contribution is 2.21. The molecule has 1 aliphatic rings. The van der Waals surface area contributed by atoms with Crippen LogP contribution in [-0.2, 0) is 43.9 Å². The maximum atomic E-state index is 13.4. The van der Waals surface area contributed by atoms with Gasteiger partial charge in [-0.25, -0.2) is 4.39 Å². The molecule has 0 saturated carbocycles. The Bertz CT molecular complexity index is 1770. The van der Waals surface area contributed by atoms with Crippen LogP contribution in [-0.4, -0.2) is 88.8 Å². The molecule has 1 aliphatic heterocycles. The van der Waals surface area contributed by atoms with Gasteiger partial charge in [0.25, 0.3) is 0 Å². The molecule has 50 heavy (non-hydrogen) atoms. The van der Waals surface area contributed by atoms with Crippen LogP contribution in [0.2, 0.25) is 0 Å². The SMILES string of the molecule is Cn1cc(C[C@H](NC(=O)CNC(=O)[C@H](CCCN=C(N)N)NC(=O)[C@@H]2C=CCN2C(=O)[C@@H](N)Cc2ccc(F)cc2)C(N)=O)c2ccccc21. The number of hydrogen-bond acceptors (Lipinski definition) is 7. The molecule has 2 aromatic carbocycles. The predicted octanol–water partition coefficient (Wildman–Crippen LogP) is -1.18. The van der Waals surface area contributed by atoms with E-state index in [4.69, 9.17) is 22.9 Å².